The van der Waals surface area contributed by atoms with E-state index >= 15 is 0 Å². The molecule has 0 bridgehead atoms. The summed E-state index contributed by atoms with van der Waals surface area (Å²) >= 11 is 0. The van der Waals surface area contributed by atoms with E-state index in [-0.39, 0.29) is 5.91 Å². The molecule has 1 aromatic heterocycles. The van der Waals surface area contributed by atoms with Crippen LogP contribution in [-0.2, 0) is 4.79 Å². The molecule has 1 fully saturated rings. The number of hydrogen-bond acceptors (Lipinski definition) is 4. The second-order valence-corrected chi connectivity index (χ2v) is 4.68. The topological polar surface area (TPSA) is 66.4 Å². The van der Waals surface area contributed by atoms with Gasteiger partial charge in [-0.2, -0.15) is 0 Å². The van der Waals surface area contributed by atoms with Gasteiger partial charge in [0.25, 0.3) is 5.91 Å². The highest BCUT2D eigenvalue weighted by atomic mass is 16.2. The third-order valence-electron chi connectivity index (χ3n) is 3.42. The minimum Gasteiger partial charge on any atom is -0.342 e. The normalized spacial score (nSPS) is 15.4. The van der Waals surface area contributed by atoms with Crippen LogP contribution in [0, 0.1) is 0 Å². The van der Waals surface area contributed by atoms with Crippen molar-refractivity contribution in [3.05, 3.63) is 36.2 Å². The summed E-state index contributed by atoms with van der Waals surface area (Å²) in [6.45, 7) is 2.20. The first kappa shape index (κ1) is 12.5. The van der Waals surface area contributed by atoms with Crippen molar-refractivity contribution in [2.24, 2.45) is 0 Å². The maximum atomic E-state index is 12.4. The summed E-state index contributed by atoms with van der Waals surface area (Å²) in [6, 6.07) is 7.45. The van der Waals surface area contributed by atoms with Crippen LogP contribution in [0.15, 0.2) is 30.5 Å². The Morgan fingerprint density at radius 1 is 1.10 bits per heavy atom. The first-order valence-electron chi connectivity index (χ1n) is 6.48. The first-order chi connectivity index (χ1) is 9.78. The van der Waals surface area contributed by atoms with Crippen LogP contribution in [0.25, 0.3) is 11.0 Å². The fourth-order valence-electron chi connectivity index (χ4n) is 2.25. The number of aromatic nitrogens is 2. The molecule has 1 aliphatic rings. The molecule has 1 saturated heterocycles. The molecule has 0 saturated carbocycles. The molecule has 6 nitrogen and oxygen atoms in total. The van der Waals surface area contributed by atoms with Crippen molar-refractivity contribution in [1.29, 1.82) is 0 Å². The zero-order valence-corrected chi connectivity index (χ0v) is 10.9. The lowest BCUT2D eigenvalue weighted by atomic mass is 10.2. The maximum absolute atomic E-state index is 12.4. The second-order valence-electron chi connectivity index (χ2n) is 4.68. The number of rotatable bonds is 2. The van der Waals surface area contributed by atoms with E-state index in [1.165, 1.54) is 6.20 Å². The van der Waals surface area contributed by atoms with E-state index in [2.05, 4.69) is 9.97 Å². The van der Waals surface area contributed by atoms with Crippen molar-refractivity contribution in [2.45, 2.75) is 0 Å². The zero-order chi connectivity index (χ0) is 13.9. The SMILES string of the molecule is O=CN1CCN(C(=O)c2cnc3ccccc3n2)CC1. The predicted molar refractivity (Wildman–Crippen MR) is 73.1 cm³/mol. The van der Waals surface area contributed by atoms with Gasteiger partial charge < -0.3 is 9.80 Å². The Morgan fingerprint density at radius 2 is 1.80 bits per heavy atom. The summed E-state index contributed by atoms with van der Waals surface area (Å²) in [4.78, 5) is 35.0. The van der Waals surface area contributed by atoms with Gasteiger partial charge in [0.2, 0.25) is 6.41 Å². The molecular formula is C14H14N4O2. The molecule has 1 aliphatic heterocycles. The second kappa shape index (κ2) is 5.24. The lowest BCUT2D eigenvalue weighted by Crippen LogP contribution is -2.48. The molecule has 6 heteroatoms. The number of fused-ring (bicyclic) bond motifs is 1. The van der Waals surface area contributed by atoms with Gasteiger partial charge in [0.15, 0.2) is 0 Å². The third kappa shape index (κ3) is 2.32. The predicted octanol–water partition coefficient (Wildman–Crippen LogP) is 0.544. The van der Waals surface area contributed by atoms with Gasteiger partial charge in [-0.15, -0.1) is 0 Å². The van der Waals surface area contributed by atoms with Crippen molar-refractivity contribution >= 4 is 23.4 Å². The maximum Gasteiger partial charge on any atom is 0.274 e. The van der Waals surface area contributed by atoms with Crippen molar-refractivity contribution < 1.29 is 9.59 Å². The van der Waals surface area contributed by atoms with Crippen LogP contribution in [0.1, 0.15) is 10.5 Å². The van der Waals surface area contributed by atoms with Crippen LogP contribution in [0.3, 0.4) is 0 Å². The summed E-state index contributed by atoms with van der Waals surface area (Å²) in [5.41, 5.74) is 1.84. The minimum atomic E-state index is -0.131. The Kier molecular flexibility index (Phi) is 3.28. The molecule has 2 heterocycles. The number of nitrogens with zero attached hydrogens (tertiary/aromatic N) is 4. The standard InChI is InChI=1S/C14H14N4O2/c19-10-17-5-7-18(8-6-17)14(20)13-9-15-11-3-1-2-4-12(11)16-13/h1-4,9-10H,5-8H2. The van der Waals surface area contributed by atoms with E-state index in [9.17, 15) is 9.59 Å². The fourth-order valence-corrected chi connectivity index (χ4v) is 2.25. The number of carbonyl (C=O) groups excluding carboxylic acids is 2. The molecule has 102 valence electrons. The van der Waals surface area contributed by atoms with E-state index in [1.807, 2.05) is 24.3 Å². The molecule has 0 spiro atoms. The van der Waals surface area contributed by atoms with Crippen molar-refractivity contribution in [3.8, 4) is 0 Å². The van der Waals surface area contributed by atoms with Gasteiger partial charge in [0, 0.05) is 26.2 Å². The molecule has 0 radical (unpaired) electrons. The van der Waals surface area contributed by atoms with Gasteiger partial charge in [-0.3, -0.25) is 14.6 Å². The summed E-state index contributed by atoms with van der Waals surface area (Å²) < 4.78 is 0. The average Bonchev–Trinajstić information content (AvgIpc) is 2.54. The third-order valence-corrected chi connectivity index (χ3v) is 3.42. The van der Waals surface area contributed by atoms with Crippen LogP contribution < -0.4 is 0 Å². The molecule has 0 unspecified atom stereocenters. The number of hydrogen-bond donors (Lipinski definition) is 0. The average molecular weight is 270 g/mol. The van der Waals surface area contributed by atoms with Crippen LogP contribution >= 0.6 is 0 Å². The molecule has 2 amide bonds. The van der Waals surface area contributed by atoms with Crippen LogP contribution in [0.2, 0.25) is 0 Å². The smallest absolute Gasteiger partial charge is 0.274 e. The molecule has 0 N–H and O–H groups in total. The Bertz CT molecular complexity index is 650. The lowest BCUT2D eigenvalue weighted by Gasteiger charge is -2.32. The van der Waals surface area contributed by atoms with Crippen LogP contribution in [0.5, 0.6) is 0 Å². The van der Waals surface area contributed by atoms with E-state index in [0.717, 1.165) is 11.9 Å². The highest BCUT2D eigenvalue weighted by Gasteiger charge is 2.22. The highest BCUT2D eigenvalue weighted by Crippen LogP contribution is 2.11. The summed E-state index contributed by atoms with van der Waals surface area (Å²) in [6.07, 6.45) is 2.33. The minimum absolute atomic E-state index is 0.131. The number of carbonyl (C=O) groups is 2. The molecule has 0 atom stereocenters. The largest absolute Gasteiger partial charge is 0.342 e. The monoisotopic (exact) mass is 270 g/mol. The zero-order valence-electron chi connectivity index (χ0n) is 10.9. The van der Waals surface area contributed by atoms with E-state index in [1.54, 1.807) is 9.80 Å². The number of benzene rings is 1. The Hall–Kier alpha value is -2.50. The van der Waals surface area contributed by atoms with Gasteiger partial charge in [0.05, 0.1) is 17.2 Å². The van der Waals surface area contributed by atoms with Gasteiger partial charge in [-0.25, -0.2) is 4.98 Å². The molecule has 0 aliphatic carbocycles. The number of piperazine rings is 1. The van der Waals surface area contributed by atoms with Gasteiger partial charge >= 0.3 is 0 Å². The van der Waals surface area contributed by atoms with E-state index in [0.29, 0.717) is 37.4 Å². The van der Waals surface area contributed by atoms with Gasteiger partial charge in [-0.05, 0) is 12.1 Å². The van der Waals surface area contributed by atoms with Gasteiger partial charge in [0.1, 0.15) is 5.69 Å². The number of amides is 2. The van der Waals surface area contributed by atoms with Crippen molar-refractivity contribution in [3.63, 3.8) is 0 Å². The Morgan fingerprint density at radius 3 is 2.50 bits per heavy atom. The molecule has 20 heavy (non-hydrogen) atoms. The quantitative estimate of drug-likeness (QED) is 0.747. The Labute approximate surface area is 116 Å². The molecule has 3 rings (SSSR count). The first-order valence-corrected chi connectivity index (χ1v) is 6.48. The van der Waals surface area contributed by atoms with E-state index in [4.69, 9.17) is 0 Å². The molecule has 1 aromatic carbocycles. The summed E-state index contributed by atoms with van der Waals surface area (Å²) in [7, 11) is 0. The summed E-state index contributed by atoms with van der Waals surface area (Å²) in [5, 5.41) is 0. The van der Waals surface area contributed by atoms with Crippen molar-refractivity contribution in [2.75, 3.05) is 26.2 Å². The van der Waals surface area contributed by atoms with Crippen molar-refractivity contribution in [1.82, 2.24) is 19.8 Å². The summed E-state index contributed by atoms with van der Waals surface area (Å²) in [5.74, 6) is -0.131. The van der Waals surface area contributed by atoms with Crippen LogP contribution in [-0.4, -0.2) is 58.3 Å². The highest BCUT2D eigenvalue weighted by molar-refractivity contribution is 5.93. The number of para-hydroxylation sites is 2. The van der Waals surface area contributed by atoms with E-state index < -0.39 is 0 Å². The Balaban J connectivity index is 1.80. The lowest BCUT2D eigenvalue weighted by molar-refractivity contribution is -0.119. The molecule has 2 aromatic rings. The van der Waals surface area contributed by atoms with Gasteiger partial charge in [-0.1, -0.05) is 12.1 Å². The van der Waals surface area contributed by atoms with Crippen LogP contribution in [0.4, 0.5) is 0 Å². The fraction of sp³-hybridized carbons (Fsp3) is 0.286. The molecular weight excluding hydrogens is 256 g/mol.